The summed E-state index contributed by atoms with van der Waals surface area (Å²) in [5.41, 5.74) is -1.24. The molecule has 0 aliphatic rings. The molecule has 0 aliphatic heterocycles. The third kappa shape index (κ3) is 3.92. The zero-order chi connectivity index (χ0) is 19.6. The van der Waals surface area contributed by atoms with Crippen LogP contribution in [0, 0.1) is 10.1 Å². The molecule has 8 nitrogen and oxygen atoms in total. The smallest absolute Gasteiger partial charge is 0.403 e. The molecule has 3 rings (SSSR count). The van der Waals surface area contributed by atoms with Gasteiger partial charge in [-0.05, 0) is 30.3 Å². The lowest BCUT2D eigenvalue weighted by molar-refractivity contribution is -0.385. The summed E-state index contributed by atoms with van der Waals surface area (Å²) >= 11 is 0. The molecule has 3 aromatic rings. The number of para-hydroxylation sites is 1. The number of nitro groups is 1. The number of aromatic nitrogens is 2. The number of rotatable bonds is 4. The normalized spacial score (nSPS) is 11.2. The SMILES string of the molecule is O=C(Nc1nnc(-c2ccc(C(F)(F)F)cc2)o1)c1ccccc1[N+](=O)[O-]. The van der Waals surface area contributed by atoms with Crippen molar-refractivity contribution in [2.24, 2.45) is 0 Å². The summed E-state index contributed by atoms with van der Waals surface area (Å²) < 4.78 is 42.9. The van der Waals surface area contributed by atoms with E-state index in [1.165, 1.54) is 18.2 Å². The highest BCUT2D eigenvalue weighted by Crippen LogP contribution is 2.31. The number of hydrogen-bond donors (Lipinski definition) is 1. The first-order valence-corrected chi connectivity index (χ1v) is 7.31. The Morgan fingerprint density at radius 1 is 1.07 bits per heavy atom. The van der Waals surface area contributed by atoms with E-state index in [1.807, 2.05) is 0 Å². The molecule has 11 heteroatoms. The fourth-order valence-corrected chi connectivity index (χ4v) is 2.18. The van der Waals surface area contributed by atoms with Gasteiger partial charge < -0.3 is 4.42 Å². The van der Waals surface area contributed by atoms with Gasteiger partial charge in [-0.3, -0.25) is 20.2 Å². The van der Waals surface area contributed by atoms with E-state index in [1.54, 1.807) is 0 Å². The topological polar surface area (TPSA) is 111 Å². The van der Waals surface area contributed by atoms with Gasteiger partial charge in [0.2, 0.25) is 5.89 Å². The molecule has 0 fully saturated rings. The molecule has 0 aliphatic carbocycles. The number of nitrogens with zero attached hydrogens (tertiary/aromatic N) is 3. The standard InChI is InChI=1S/C16H9F3N4O4/c17-16(18,19)10-7-5-9(6-8-10)14-21-22-15(27-14)20-13(24)11-3-1-2-4-12(11)23(25)26/h1-8H,(H,20,22,24). The van der Waals surface area contributed by atoms with Gasteiger partial charge in [-0.15, -0.1) is 5.10 Å². The van der Waals surface area contributed by atoms with Crippen LogP contribution in [0.5, 0.6) is 0 Å². The Kier molecular flexibility index (Phi) is 4.59. The van der Waals surface area contributed by atoms with Gasteiger partial charge in [-0.1, -0.05) is 17.2 Å². The van der Waals surface area contributed by atoms with Crippen molar-refractivity contribution < 1.29 is 27.3 Å². The van der Waals surface area contributed by atoms with Crippen LogP contribution >= 0.6 is 0 Å². The first kappa shape index (κ1) is 18.0. The summed E-state index contributed by atoms with van der Waals surface area (Å²) in [6, 6.07) is 8.91. The lowest BCUT2D eigenvalue weighted by atomic mass is 10.1. The predicted molar refractivity (Wildman–Crippen MR) is 85.8 cm³/mol. The number of carbonyl (C=O) groups is 1. The Morgan fingerprint density at radius 3 is 2.37 bits per heavy atom. The van der Waals surface area contributed by atoms with Crippen LogP contribution in [0.3, 0.4) is 0 Å². The van der Waals surface area contributed by atoms with Crippen molar-refractivity contribution in [1.29, 1.82) is 0 Å². The summed E-state index contributed by atoms with van der Waals surface area (Å²) in [5, 5.41) is 20.4. The molecule has 0 atom stereocenters. The van der Waals surface area contributed by atoms with Crippen molar-refractivity contribution in [3.63, 3.8) is 0 Å². The van der Waals surface area contributed by atoms with Crippen LogP contribution in [0.2, 0.25) is 0 Å². The quantitative estimate of drug-likeness (QED) is 0.544. The first-order chi connectivity index (χ1) is 12.8. The summed E-state index contributed by atoms with van der Waals surface area (Å²) in [6.45, 7) is 0. The number of nitrogens with one attached hydrogen (secondary N) is 1. The molecule has 0 saturated carbocycles. The summed E-state index contributed by atoms with van der Waals surface area (Å²) in [6.07, 6.45) is -4.48. The van der Waals surface area contributed by atoms with Gasteiger partial charge in [0.15, 0.2) is 0 Å². The van der Waals surface area contributed by atoms with E-state index >= 15 is 0 Å². The van der Waals surface area contributed by atoms with E-state index in [0.717, 1.165) is 30.3 Å². The second-order valence-electron chi connectivity index (χ2n) is 5.22. The molecule has 1 amide bonds. The molecule has 0 radical (unpaired) electrons. The van der Waals surface area contributed by atoms with E-state index in [-0.39, 0.29) is 23.0 Å². The molecular formula is C16H9F3N4O4. The zero-order valence-corrected chi connectivity index (χ0v) is 13.2. The number of benzene rings is 2. The van der Waals surface area contributed by atoms with E-state index in [2.05, 4.69) is 15.5 Å². The Balaban J connectivity index is 1.79. The van der Waals surface area contributed by atoms with Gasteiger partial charge in [0.1, 0.15) is 5.56 Å². The second kappa shape index (κ2) is 6.86. The van der Waals surface area contributed by atoms with Crippen molar-refractivity contribution in [3.8, 4) is 11.5 Å². The molecule has 1 aromatic heterocycles. The van der Waals surface area contributed by atoms with Crippen molar-refractivity contribution in [3.05, 3.63) is 69.8 Å². The van der Waals surface area contributed by atoms with Gasteiger partial charge in [0.05, 0.1) is 10.5 Å². The fraction of sp³-hybridized carbons (Fsp3) is 0.0625. The monoisotopic (exact) mass is 378 g/mol. The van der Waals surface area contributed by atoms with Gasteiger partial charge in [-0.2, -0.15) is 13.2 Å². The fourth-order valence-electron chi connectivity index (χ4n) is 2.18. The van der Waals surface area contributed by atoms with Crippen molar-refractivity contribution in [2.45, 2.75) is 6.18 Å². The zero-order valence-electron chi connectivity index (χ0n) is 13.2. The summed E-state index contributed by atoms with van der Waals surface area (Å²) in [5.74, 6) is -0.966. The number of alkyl halides is 3. The average Bonchev–Trinajstić information content (AvgIpc) is 3.09. The van der Waals surface area contributed by atoms with Crippen LogP contribution < -0.4 is 5.32 Å². The maximum absolute atomic E-state index is 12.6. The molecule has 1 N–H and O–H groups in total. The van der Waals surface area contributed by atoms with E-state index in [9.17, 15) is 28.1 Å². The maximum atomic E-state index is 12.6. The highest BCUT2D eigenvalue weighted by atomic mass is 19.4. The molecule has 27 heavy (non-hydrogen) atoms. The number of carbonyl (C=O) groups excluding carboxylic acids is 1. The molecule has 1 heterocycles. The van der Waals surface area contributed by atoms with Crippen LogP contribution in [-0.2, 0) is 6.18 Å². The Bertz CT molecular complexity index is 999. The highest BCUT2D eigenvalue weighted by molar-refractivity contribution is 6.06. The van der Waals surface area contributed by atoms with Gasteiger partial charge in [0.25, 0.3) is 11.6 Å². The lowest BCUT2D eigenvalue weighted by Gasteiger charge is -2.05. The van der Waals surface area contributed by atoms with Gasteiger partial charge in [0, 0.05) is 11.6 Å². The molecular weight excluding hydrogens is 369 g/mol. The van der Waals surface area contributed by atoms with Crippen molar-refractivity contribution >= 4 is 17.6 Å². The van der Waals surface area contributed by atoms with Crippen LogP contribution in [0.25, 0.3) is 11.5 Å². The summed E-state index contributed by atoms with van der Waals surface area (Å²) in [4.78, 5) is 22.4. The molecule has 0 unspecified atom stereocenters. The molecule has 2 aromatic carbocycles. The van der Waals surface area contributed by atoms with Crippen LogP contribution in [-0.4, -0.2) is 21.0 Å². The van der Waals surface area contributed by atoms with Crippen molar-refractivity contribution in [1.82, 2.24) is 10.2 Å². The minimum atomic E-state index is -4.48. The highest BCUT2D eigenvalue weighted by Gasteiger charge is 2.30. The van der Waals surface area contributed by atoms with E-state index in [0.29, 0.717) is 0 Å². The lowest BCUT2D eigenvalue weighted by Crippen LogP contribution is -2.14. The Morgan fingerprint density at radius 2 is 1.74 bits per heavy atom. The average molecular weight is 378 g/mol. The maximum Gasteiger partial charge on any atom is 0.416 e. The predicted octanol–water partition coefficient (Wildman–Crippen LogP) is 3.92. The number of nitro benzene ring substituents is 1. The van der Waals surface area contributed by atoms with Crippen LogP contribution in [0.4, 0.5) is 24.9 Å². The number of hydrogen-bond acceptors (Lipinski definition) is 6. The molecule has 0 saturated heterocycles. The summed E-state index contributed by atoms with van der Waals surface area (Å²) in [7, 11) is 0. The number of amides is 1. The molecule has 0 spiro atoms. The first-order valence-electron chi connectivity index (χ1n) is 7.31. The van der Waals surface area contributed by atoms with E-state index < -0.39 is 28.3 Å². The van der Waals surface area contributed by atoms with Crippen LogP contribution in [0.1, 0.15) is 15.9 Å². The number of anilines is 1. The largest absolute Gasteiger partial charge is 0.416 e. The number of halogens is 3. The van der Waals surface area contributed by atoms with Crippen molar-refractivity contribution in [2.75, 3.05) is 5.32 Å². The minimum absolute atomic E-state index is 0.124. The second-order valence-corrected chi connectivity index (χ2v) is 5.22. The van der Waals surface area contributed by atoms with E-state index in [4.69, 9.17) is 4.42 Å². The Labute approximate surface area is 148 Å². The van der Waals surface area contributed by atoms with Gasteiger partial charge in [-0.25, -0.2) is 0 Å². The van der Waals surface area contributed by atoms with Gasteiger partial charge >= 0.3 is 12.2 Å². The minimum Gasteiger partial charge on any atom is -0.403 e. The van der Waals surface area contributed by atoms with Crippen LogP contribution in [0.15, 0.2) is 52.9 Å². The molecule has 0 bridgehead atoms. The Hall–Kier alpha value is -3.76. The third-order valence-corrected chi connectivity index (χ3v) is 3.45. The third-order valence-electron chi connectivity index (χ3n) is 3.45. The molecule has 138 valence electrons.